The summed E-state index contributed by atoms with van der Waals surface area (Å²) in [6.07, 6.45) is 21.1. The van der Waals surface area contributed by atoms with Gasteiger partial charge in [0.25, 0.3) is 0 Å². The maximum Gasteiger partial charge on any atom is 0.0215 e. The molecule has 2 aromatic rings. The Balaban J connectivity index is 2.03. The van der Waals surface area contributed by atoms with E-state index in [-0.39, 0.29) is 5.41 Å². The van der Waals surface area contributed by atoms with Gasteiger partial charge in [-0.2, -0.15) is 0 Å². The summed E-state index contributed by atoms with van der Waals surface area (Å²) < 4.78 is 0. The molecule has 3 rings (SSSR count). The molecule has 0 heterocycles. The Morgan fingerprint density at radius 1 is 0.485 bits per heavy atom. The second kappa shape index (κ2) is 13.4. The lowest BCUT2D eigenvalue weighted by Gasteiger charge is -2.33. The van der Waals surface area contributed by atoms with Crippen LogP contribution in [-0.4, -0.2) is 0 Å². The van der Waals surface area contributed by atoms with Crippen molar-refractivity contribution in [3.63, 3.8) is 0 Å². The highest BCUT2D eigenvalue weighted by atomic mass is 14.4. The van der Waals surface area contributed by atoms with Crippen LogP contribution in [0.15, 0.2) is 36.4 Å². The van der Waals surface area contributed by atoms with Crippen LogP contribution in [0.2, 0.25) is 0 Å². The summed E-state index contributed by atoms with van der Waals surface area (Å²) in [4.78, 5) is 0. The smallest absolute Gasteiger partial charge is 0.0215 e. The van der Waals surface area contributed by atoms with E-state index in [0.717, 1.165) is 0 Å². The van der Waals surface area contributed by atoms with E-state index in [4.69, 9.17) is 0 Å². The van der Waals surface area contributed by atoms with Crippen LogP contribution in [-0.2, 0) is 18.3 Å². The summed E-state index contributed by atoms with van der Waals surface area (Å²) in [5, 5.41) is 0. The summed E-state index contributed by atoms with van der Waals surface area (Å²) in [7, 11) is 0. The number of benzene rings is 2. The predicted molar refractivity (Wildman–Crippen MR) is 147 cm³/mol. The molecule has 0 spiro atoms. The van der Waals surface area contributed by atoms with Crippen molar-refractivity contribution in [2.75, 3.05) is 0 Å². The molecule has 0 heteroatoms. The Hall–Kier alpha value is -1.56. The maximum atomic E-state index is 2.58. The van der Waals surface area contributed by atoms with E-state index in [9.17, 15) is 0 Å². The first-order valence-corrected chi connectivity index (χ1v) is 14.5. The lowest BCUT2D eigenvalue weighted by atomic mass is 9.70. The van der Waals surface area contributed by atoms with Crippen LogP contribution in [0.3, 0.4) is 0 Å². The van der Waals surface area contributed by atoms with E-state index in [1.165, 1.54) is 114 Å². The third-order valence-corrected chi connectivity index (χ3v) is 8.04. The lowest BCUT2D eigenvalue weighted by molar-refractivity contribution is 0.401. The van der Waals surface area contributed by atoms with Gasteiger partial charge < -0.3 is 0 Å². The molecule has 33 heavy (non-hydrogen) atoms. The van der Waals surface area contributed by atoms with Crippen molar-refractivity contribution in [1.29, 1.82) is 0 Å². The molecule has 0 amide bonds. The second-order valence-electron chi connectivity index (χ2n) is 10.7. The van der Waals surface area contributed by atoms with Crippen molar-refractivity contribution >= 4 is 0 Å². The Bertz CT molecular complexity index is 772. The second-order valence-corrected chi connectivity index (χ2v) is 10.7. The monoisotopic (exact) mass is 446 g/mol. The molecule has 0 N–H and O–H groups in total. The number of fused-ring (bicyclic) bond motifs is 3. The van der Waals surface area contributed by atoms with Crippen molar-refractivity contribution in [2.24, 2.45) is 0 Å². The molecule has 182 valence electrons. The van der Waals surface area contributed by atoms with Gasteiger partial charge in [-0.3, -0.25) is 0 Å². The van der Waals surface area contributed by atoms with Crippen LogP contribution >= 0.6 is 0 Å². The van der Waals surface area contributed by atoms with Crippen LogP contribution < -0.4 is 0 Å². The van der Waals surface area contributed by atoms with Gasteiger partial charge in [0.1, 0.15) is 0 Å². The van der Waals surface area contributed by atoms with Gasteiger partial charge >= 0.3 is 0 Å². The minimum Gasteiger partial charge on any atom is -0.0654 e. The Morgan fingerprint density at radius 3 is 1.30 bits per heavy atom. The van der Waals surface area contributed by atoms with Crippen LogP contribution in [0.4, 0.5) is 0 Å². The molecule has 0 aromatic heterocycles. The largest absolute Gasteiger partial charge is 0.0654 e. The van der Waals surface area contributed by atoms with Gasteiger partial charge in [-0.05, 0) is 71.9 Å². The Kier molecular flexibility index (Phi) is 10.5. The summed E-state index contributed by atoms with van der Waals surface area (Å²) in [6.45, 7) is 9.27. The van der Waals surface area contributed by atoms with Crippen molar-refractivity contribution in [3.8, 4) is 11.1 Å². The van der Waals surface area contributed by atoms with Crippen molar-refractivity contribution in [2.45, 2.75) is 136 Å². The first-order valence-electron chi connectivity index (χ1n) is 14.5. The Labute approximate surface area is 205 Å². The standard InChI is InChI=1S/C33H50/c1-5-9-13-15-23-33(24-16-14-10-6-2)31-21-19-27(17-11-7-3)25-29(31)30-26-28(18-12-8-4)20-22-32(30)33/h19-22,25-26H,5-18,23-24H2,1-4H3. The van der Waals surface area contributed by atoms with Gasteiger partial charge in [-0.15, -0.1) is 0 Å². The average Bonchev–Trinajstić information content (AvgIpc) is 3.11. The fourth-order valence-corrected chi connectivity index (χ4v) is 6.05. The summed E-state index contributed by atoms with van der Waals surface area (Å²) in [5.41, 5.74) is 9.75. The zero-order valence-electron chi connectivity index (χ0n) is 22.3. The molecule has 0 fully saturated rings. The molecule has 0 aliphatic heterocycles. The van der Waals surface area contributed by atoms with Crippen LogP contribution in [0.5, 0.6) is 0 Å². The zero-order valence-corrected chi connectivity index (χ0v) is 22.3. The molecule has 0 saturated heterocycles. The molecule has 0 bridgehead atoms. The third kappa shape index (κ3) is 6.32. The lowest BCUT2D eigenvalue weighted by Crippen LogP contribution is -2.25. The quantitative estimate of drug-likeness (QED) is 0.225. The number of hydrogen-bond acceptors (Lipinski definition) is 0. The van der Waals surface area contributed by atoms with E-state index in [1.54, 1.807) is 22.3 Å². The zero-order chi connectivity index (χ0) is 23.5. The van der Waals surface area contributed by atoms with Gasteiger partial charge in [0.15, 0.2) is 0 Å². The van der Waals surface area contributed by atoms with Crippen LogP contribution in [0.25, 0.3) is 11.1 Å². The molecule has 0 saturated carbocycles. The van der Waals surface area contributed by atoms with Gasteiger partial charge in [0.05, 0.1) is 0 Å². The van der Waals surface area contributed by atoms with E-state index in [2.05, 4.69) is 64.1 Å². The highest BCUT2D eigenvalue weighted by Gasteiger charge is 2.42. The number of aryl methyl sites for hydroxylation is 2. The molecule has 1 aliphatic rings. The van der Waals surface area contributed by atoms with Crippen molar-refractivity contribution in [1.82, 2.24) is 0 Å². The van der Waals surface area contributed by atoms with Gasteiger partial charge in [0, 0.05) is 5.41 Å². The van der Waals surface area contributed by atoms with Crippen molar-refractivity contribution in [3.05, 3.63) is 58.7 Å². The van der Waals surface area contributed by atoms with Gasteiger partial charge in [0.2, 0.25) is 0 Å². The molecule has 0 unspecified atom stereocenters. The van der Waals surface area contributed by atoms with Crippen LogP contribution in [0.1, 0.15) is 140 Å². The predicted octanol–water partition coefficient (Wildman–Crippen LogP) is 10.6. The summed E-state index contributed by atoms with van der Waals surface area (Å²) in [6, 6.07) is 15.2. The van der Waals surface area contributed by atoms with E-state index in [0.29, 0.717) is 0 Å². The highest BCUT2D eigenvalue weighted by Crippen LogP contribution is 2.54. The minimum atomic E-state index is 0.235. The molecular weight excluding hydrogens is 396 g/mol. The van der Waals surface area contributed by atoms with E-state index >= 15 is 0 Å². The summed E-state index contributed by atoms with van der Waals surface area (Å²) >= 11 is 0. The fourth-order valence-electron chi connectivity index (χ4n) is 6.05. The van der Waals surface area contributed by atoms with Crippen LogP contribution in [0, 0.1) is 0 Å². The van der Waals surface area contributed by atoms with Gasteiger partial charge in [-0.1, -0.05) is 128 Å². The summed E-state index contributed by atoms with van der Waals surface area (Å²) in [5.74, 6) is 0. The molecule has 0 nitrogen and oxygen atoms in total. The number of unbranched alkanes of at least 4 members (excludes halogenated alkanes) is 8. The molecule has 2 aromatic carbocycles. The first kappa shape index (κ1) is 26.1. The topological polar surface area (TPSA) is 0 Å². The Morgan fingerprint density at radius 2 is 0.909 bits per heavy atom. The van der Waals surface area contributed by atoms with Crippen molar-refractivity contribution < 1.29 is 0 Å². The molecule has 0 radical (unpaired) electrons. The van der Waals surface area contributed by atoms with E-state index < -0.39 is 0 Å². The fraction of sp³-hybridized carbons (Fsp3) is 0.636. The number of hydrogen-bond donors (Lipinski definition) is 0. The third-order valence-electron chi connectivity index (χ3n) is 8.04. The minimum absolute atomic E-state index is 0.235. The number of rotatable bonds is 16. The molecule has 1 aliphatic carbocycles. The highest BCUT2D eigenvalue weighted by molar-refractivity contribution is 5.82. The SMILES string of the molecule is CCCCCCC1(CCCCCC)c2ccc(CCCC)cc2-c2cc(CCCC)ccc21. The first-order chi connectivity index (χ1) is 16.2. The molecular formula is C33H50. The van der Waals surface area contributed by atoms with E-state index in [1.807, 2.05) is 0 Å². The maximum absolute atomic E-state index is 2.58. The molecule has 0 atom stereocenters. The van der Waals surface area contributed by atoms with Gasteiger partial charge in [-0.25, -0.2) is 0 Å². The average molecular weight is 447 g/mol. The normalized spacial score (nSPS) is 13.8.